The number of aliphatic hydroxyl groups excluding tert-OH is 1. The number of carbonyl (C=O) groups excluding carboxylic acids is 2. The average Bonchev–Trinajstić information content (AvgIpc) is 2.25. The van der Waals surface area contributed by atoms with Gasteiger partial charge in [-0.3, -0.25) is 4.79 Å². The van der Waals surface area contributed by atoms with Crippen LogP contribution in [0.4, 0.5) is 0 Å². The zero-order valence-electron chi connectivity index (χ0n) is 10.9. The molecule has 0 aromatic heterocycles. The van der Waals surface area contributed by atoms with E-state index in [0.717, 1.165) is 6.42 Å². The van der Waals surface area contributed by atoms with Gasteiger partial charge in [-0.2, -0.15) is 0 Å². The molecule has 0 bridgehead atoms. The predicted molar refractivity (Wildman–Crippen MR) is 62.0 cm³/mol. The second-order valence-electron chi connectivity index (χ2n) is 5.41. The maximum Gasteiger partial charge on any atom is 0.328 e. The molecule has 1 heterocycles. The minimum absolute atomic E-state index is 0.222. The number of rotatable bonds is 1. The Balaban J connectivity index is 2.96. The Morgan fingerprint density at radius 3 is 2.35 bits per heavy atom. The van der Waals surface area contributed by atoms with Crippen LogP contribution in [0.5, 0.6) is 0 Å². The highest BCUT2D eigenvalue weighted by Gasteiger charge is 2.41. The fraction of sp³-hybridized carbons (Fsp3) is 0.833. The first-order chi connectivity index (χ1) is 7.79. The molecule has 1 aliphatic rings. The number of aliphatic hydroxyl groups is 1. The average molecular weight is 243 g/mol. The zero-order valence-corrected chi connectivity index (χ0v) is 10.9. The van der Waals surface area contributed by atoms with Gasteiger partial charge in [-0.25, -0.2) is 4.79 Å². The van der Waals surface area contributed by atoms with Gasteiger partial charge in [-0.1, -0.05) is 20.8 Å². The third kappa shape index (κ3) is 2.97. The van der Waals surface area contributed by atoms with E-state index in [-0.39, 0.29) is 5.91 Å². The summed E-state index contributed by atoms with van der Waals surface area (Å²) in [6.07, 6.45) is 0.884. The summed E-state index contributed by atoms with van der Waals surface area (Å²) in [5, 5.41) is 9.91. The molecule has 0 aromatic rings. The lowest BCUT2D eigenvalue weighted by molar-refractivity contribution is -0.171. The van der Waals surface area contributed by atoms with Crippen molar-refractivity contribution >= 4 is 11.9 Å². The topological polar surface area (TPSA) is 66.8 Å². The molecular weight excluding hydrogens is 222 g/mol. The number of nitrogens with zero attached hydrogens (tertiary/aromatic N) is 1. The number of ether oxygens (including phenoxy) is 1. The van der Waals surface area contributed by atoms with Crippen LogP contribution < -0.4 is 0 Å². The Kier molecular flexibility index (Phi) is 4.14. The molecule has 1 fully saturated rings. The SMILES string of the molecule is COC(=O)[C@@H]1CCCC(O)N1C(=O)C(C)(C)C. The van der Waals surface area contributed by atoms with Crippen LogP contribution in [0.2, 0.25) is 0 Å². The highest BCUT2D eigenvalue weighted by Crippen LogP contribution is 2.28. The van der Waals surface area contributed by atoms with Crippen molar-refractivity contribution in [3.63, 3.8) is 0 Å². The van der Waals surface area contributed by atoms with Gasteiger partial charge >= 0.3 is 5.97 Å². The molecule has 1 rings (SSSR count). The lowest BCUT2D eigenvalue weighted by atomic mass is 9.91. The Labute approximate surface area is 102 Å². The smallest absolute Gasteiger partial charge is 0.328 e. The van der Waals surface area contributed by atoms with Crippen molar-refractivity contribution in [2.24, 2.45) is 5.41 Å². The molecule has 0 aliphatic carbocycles. The third-order valence-corrected chi connectivity index (χ3v) is 2.95. The van der Waals surface area contributed by atoms with E-state index in [1.807, 2.05) is 0 Å². The minimum atomic E-state index is -0.889. The van der Waals surface area contributed by atoms with Crippen LogP contribution in [0.15, 0.2) is 0 Å². The van der Waals surface area contributed by atoms with E-state index in [0.29, 0.717) is 12.8 Å². The third-order valence-electron chi connectivity index (χ3n) is 2.95. The van der Waals surface area contributed by atoms with Gasteiger partial charge < -0.3 is 14.7 Å². The number of esters is 1. The predicted octanol–water partition coefficient (Wildman–Crippen LogP) is 0.905. The first kappa shape index (κ1) is 14.0. The summed E-state index contributed by atoms with van der Waals surface area (Å²) >= 11 is 0. The van der Waals surface area contributed by atoms with Crippen molar-refractivity contribution in [2.45, 2.75) is 52.3 Å². The van der Waals surface area contributed by atoms with Crippen LogP contribution >= 0.6 is 0 Å². The fourth-order valence-corrected chi connectivity index (χ4v) is 2.01. The quantitative estimate of drug-likeness (QED) is 0.695. The van der Waals surface area contributed by atoms with Gasteiger partial charge in [0.1, 0.15) is 12.3 Å². The van der Waals surface area contributed by atoms with Gasteiger partial charge in [0.05, 0.1) is 7.11 Å². The van der Waals surface area contributed by atoms with E-state index < -0.39 is 23.7 Å². The summed E-state index contributed by atoms with van der Waals surface area (Å²) in [6, 6.07) is -0.657. The molecular formula is C12H21NO4. The maximum absolute atomic E-state index is 12.2. The monoisotopic (exact) mass is 243 g/mol. The molecule has 1 unspecified atom stereocenters. The molecule has 98 valence electrons. The van der Waals surface area contributed by atoms with E-state index in [4.69, 9.17) is 0 Å². The van der Waals surface area contributed by atoms with Crippen molar-refractivity contribution < 1.29 is 19.4 Å². The number of methoxy groups -OCH3 is 1. The Morgan fingerprint density at radius 2 is 1.88 bits per heavy atom. The van der Waals surface area contributed by atoms with Crippen molar-refractivity contribution in [3.05, 3.63) is 0 Å². The lowest BCUT2D eigenvalue weighted by Crippen LogP contribution is -2.56. The van der Waals surface area contributed by atoms with Crippen molar-refractivity contribution in [2.75, 3.05) is 7.11 Å². The Bertz CT molecular complexity index is 308. The standard InChI is InChI=1S/C12H21NO4/c1-12(2,3)11(16)13-8(10(15)17-4)6-5-7-9(13)14/h8-9,14H,5-7H2,1-4H3/t8-,9?/m0/s1. The van der Waals surface area contributed by atoms with Crippen LogP contribution in [0.25, 0.3) is 0 Å². The molecule has 1 N–H and O–H groups in total. The Morgan fingerprint density at radius 1 is 1.29 bits per heavy atom. The molecule has 5 nitrogen and oxygen atoms in total. The second kappa shape index (κ2) is 5.04. The first-order valence-corrected chi connectivity index (χ1v) is 5.87. The number of amides is 1. The van der Waals surface area contributed by atoms with Crippen molar-refractivity contribution in [3.8, 4) is 0 Å². The molecule has 0 radical (unpaired) electrons. The zero-order chi connectivity index (χ0) is 13.2. The number of carbonyl (C=O) groups is 2. The molecule has 5 heteroatoms. The van der Waals surface area contributed by atoms with Gasteiger partial charge in [0.2, 0.25) is 5.91 Å². The van der Waals surface area contributed by atoms with Crippen LogP contribution in [-0.2, 0) is 14.3 Å². The lowest BCUT2D eigenvalue weighted by Gasteiger charge is -2.40. The largest absolute Gasteiger partial charge is 0.467 e. The summed E-state index contributed by atoms with van der Waals surface area (Å²) in [6.45, 7) is 5.31. The number of hydrogen-bond acceptors (Lipinski definition) is 4. The van der Waals surface area contributed by atoms with Gasteiger partial charge in [-0.15, -0.1) is 0 Å². The first-order valence-electron chi connectivity index (χ1n) is 5.87. The van der Waals surface area contributed by atoms with E-state index in [1.54, 1.807) is 20.8 Å². The van der Waals surface area contributed by atoms with Gasteiger partial charge in [0, 0.05) is 5.41 Å². The van der Waals surface area contributed by atoms with Crippen LogP contribution in [0.3, 0.4) is 0 Å². The maximum atomic E-state index is 12.2. The van der Waals surface area contributed by atoms with E-state index in [1.165, 1.54) is 12.0 Å². The highest BCUT2D eigenvalue weighted by atomic mass is 16.5. The number of hydrogen-bond donors (Lipinski definition) is 1. The van der Waals surface area contributed by atoms with E-state index >= 15 is 0 Å². The Hall–Kier alpha value is -1.10. The van der Waals surface area contributed by atoms with E-state index in [2.05, 4.69) is 4.74 Å². The molecule has 1 aliphatic heterocycles. The van der Waals surface area contributed by atoms with Crippen molar-refractivity contribution in [1.82, 2.24) is 4.90 Å². The molecule has 0 spiro atoms. The molecule has 0 saturated carbocycles. The summed E-state index contributed by atoms with van der Waals surface area (Å²) in [7, 11) is 1.29. The summed E-state index contributed by atoms with van der Waals surface area (Å²) in [5.74, 6) is -0.679. The minimum Gasteiger partial charge on any atom is -0.467 e. The molecule has 0 aromatic carbocycles. The van der Waals surface area contributed by atoms with Gasteiger partial charge in [-0.05, 0) is 19.3 Å². The highest BCUT2D eigenvalue weighted by molar-refractivity contribution is 5.87. The molecule has 1 saturated heterocycles. The number of piperidine rings is 1. The summed E-state index contributed by atoms with van der Waals surface area (Å²) < 4.78 is 4.69. The van der Waals surface area contributed by atoms with Crippen LogP contribution in [0.1, 0.15) is 40.0 Å². The van der Waals surface area contributed by atoms with Crippen LogP contribution in [-0.4, -0.2) is 41.3 Å². The summed E-state index contributed by atoms with van der Waals surface area (Å²) in [4.78, 5) is 25.1. The normalized spacial score (nSPS) is 25.6. The molecule has 1 amide bonds. The van der Waals surface area contributed by atoms with Crippen molar-refractivity contribution in [1.29, 1.82) is 0 Å². The van der Waals surface area contributed by atoms with Gasteiger partial charge in [0.25, 0.3) is 0 Å². The molecule has 17 heavy (non-hydrogen) atoms. The molecule has 2 atom stereocenters. The van der Waals surface area contributed by atoms with E-state index in [9.17, 15) is 14.7 Å². The summed E-state index contributed by atoms with van der Waals surface area (Å²) in [5.41, 5.74) is -0.620. The van der Waals surface area contributed by atoms with Crippen LogP contribution in [0, 0.1) is 5.41 Å². The fourth-order valence-electron chi connectivity index (χ4n) is 2.01. The van der Waals surface area contributed by atoms with Gasteiger partial charge in [0.15, 0.2) is 0 Å². The number of likely N-dealkylation sites (tertiary alicyclic amines) is 1. The second-order valence-corrected chi connectivity index (χ2v) is 5.41.